The molecule has 0 fully saturated rings. The van der Waals surface area contributed by atoms with Crippen LogP contribution < -0.4 is 28.4 Å². The van der Waals surface area contributed by atoms with E-state index in [9.17, 15) is 0 Å². The summed E-state index contributed by atoms with van der Waals surface area (Å²) in [7, 11) is 9.57. The molecular formula is C21H23NO6S. The number of hydrogen-bond donors (Lipinski definition) is 0. The summed E-state index contributed by atoms with van der Waals surface area (Å²) in [6.07, 6.45) is 0. The second kappa shape index (κ2) is 8.91. The predicted octanol–water partition coefficient (Wildman–Crippen LogP) is 4.53. The molecule has 0 saturated heterocycles. The Morgan fingerprint density at radius 2 is 0.966 bits per heavy atom. The third-order valence-corrected chi connectivity index (χ3v) is 5.30. The predicted molar refractivity (Wildman–Crippen MR) is 112 cm³/mol. The highest BCUT2D eigenvalue weighted by molar-refractivity contribution is 7.13. The van der Waals surface area contributed by atoms with Crippen molar-refractivity contribution in [1.82, 2.24) is 4.98 Å². The Labute approximate surface area is 173 Å². The summed E-state index contributed by atoms with van der Waals surface area (Å²) in [6.45, 7) is 0. The number of benzene rings is 2. The summed E-state index contributed by atoms with van der Waals surface area (Å²) < 4.78 is 32.6. The number of thiazole rings is 1. The van der Waals surface area contributed by atoms with Gasteiger partial charge in [-0.3, -0.25) is 0 Å². The zero-order valence-corrected chi connectivity index (χ0v) is 18.0. The summed E-state index contributed by atoms with van der Waals surface area (Å²) in [5.41, 5.74) is 2.35. The van der Waals surface area contributed by atoms with Crippen LogP contribution in [0.3, 0.4) is 0 Å². The van der Waals surface area contributed by atoms with Crippen LogP contribution in [-0.4, -0.2) is 47.6 Å². The fourth-order valence-corrected chi connectivity index (χ4v) is 3.79. The van der Waals surface area contributed by atoms with Crippen LogP contribution in [-0.2, 0) is 0 Å². The monoisotopic (exact) mass is 417 g/mol. The zero-order chi connectivity index (χ0) is 21.0. The van der Waals surface area contributed by atoms with Crippen molar-refractivity contribution in [3.8, 4) is 56.3 Å². The van der Waals surface area contributed by atoms with Crippen molar-refractivity contribution in [2.24, 2.45) is 0 Å². The fraction of sp³-hybridized carbons (Fsp3) is 0.286. The molecule has 3 aromatic rings. The average molecular weight is 417 g/mol. The highest BCUT2D eigenvalue weighted by Crippen LogP contribution is 2.44. The molecule has 154 valence electrons. The SMILES string of the molecule is COc1cc(OC)c(-c2csc(-c3cc(OC)c(OC)cc3OC)n2)cc1OC. The van der Waals surface area contributed by atoms with Gasteiger partial charge in [0.05, 0.1) is 53.9 Å². The van der Waals surface area contributed by atoms with Crippen LogP contribution in [0, 0.1) is 0 Å². The average Bonchev–Trinajstić information content (AvgIpc) is 3.26. The highest BCUT2D eigenvalue weighted by Gasteiger charge is 2.19. The molecule has 0 bridgehead atoms. The van der Waals surface area contributed by atoms with Crippen LogP contribution in [0.2, 0.25) is 0 Å². The molecule has 0 amide bonds. The lowest BCUT2D eigenvalue weighted by molar-refractivity contribution is 0.349. The lowest BCUT2D eigenvalue weighted by Crippen LogP contribution is -1.96. The molecule has 3 rings (SSSR count). The lowest BCUT2D eigenvalue weighted by atomic mass is 10.1. The minimum Gasteiger partial charge on any atom is -0.496 e. The van der Waals surface area contributed by atoms with Gasteiger partial charge in [-0.15, -0.1) is 11.3 Å². The Morgan fingerprint density at radius 1 is 0.552 bits per heavy atom. The normalized spacial score (nSPS) is 10.4. The molecule has 0 atom stereocenters. The van der Waals surface area contributed by atoms with Gasteiger partial charge in [0.2, 0.25) is 0 Å². The minimum absolute atomic E-state index is 0.588. The van der Waals surface area contributed by atoms with Gasteiger partial charge in [-0.2, -0.15) is 0 Å². The maximum atomic E-state index is 5.54. The van der Waals surface area contributed by atoms with E-state index in [4.69, 9.17) is 33.4 Å². The van der Waals surface area contributed by atoms with E-state index in [0.29, 0.717) is 34.5 Å². The molecule has 0 aliphatic heterocycles. The Kier molecular flexibility index (Phi) is 6.33. The van der Waals surface area contributed by atoms with Gasteiger partial charge in [0.1, 0.15) is 16.5 Å². The second-order valence-electron chi connectivity index (χ2n) is 5.85. The van der Waals surface area contributed by atoms with Crippen molar-refractivity contribution in [2.45, 2.75) is 0 Å². The topological polar surface area (TPSA) is 68.3 Å². The number of hydrogen-bond acceptors (Lipinski definition) is 8. The molecule has 1 aromatic heterocycles. The van der Waals surface area contributed by atoms with E-state index < -0.39 is 0 Å². The third-order valence-electron chi connectivity index (χ3n) is 4.42. The molecule has 0 unspecified atom stereocenters. The van der Waals surface area contributed by atoms with Crippen LogP contribution in [0.15, 0.2) is 29.6 Å². The first kappa shape index (κ1) is 20.6. The van der Waals surface area contributed by atoms with Crippen molar-refractivity contribution in [2.75, 3.05) is 42.7 Å². The first-order valence-corrected chi connectivity index (χ1v) is 9.54. The molecule has 7 nitrogen and oxygen atoms in total. The molecule has 0 spiro atoms. The van der Waals surface area contributed by atoms with E-state index in [1.54, 1.807) is 54.8 Å². The van der Waals surface area contributed by atoms with Crippen LogP contribution in [0.1, 0.15) is 0 Å². The van der Waals surface area contributed by atoms with E-state index in [0.717, 1.165) is 21.8 Å². The van der Waals surface area contributed by atoms with E-state index in [2.05, 4.69) is 0 Å². The van der Waals surface area contributed by atoms with Gasteiger partial charge in [0, 0.05) is 23.1 Å². The van der Waals surface area contributed by atoms with Gasteiger partial charge in [0.25, 0.3) is 0 Å². The number of rotatable bonds is 8. The molecular weight excluding hydrogens is 394 g/mol. The Morgan fingerprint density at radius 3 is 1.45 bits per heavy atom. The van der Waals surface area contributed by atoms with Gasteiger partial charge in [0.15, 0.2) is 23.0 Å². The number of nitrogens with zero attached hydrogens (tertiary/aromatic N) is 1. The van der Waals surface area contributed by atoms with Crippen molar-refractivity contribution in [1.29, 1.82) is 0 Å². The van der Waals surface area contributed by atoms with Crippen molar-refractivity contribution in [3.05, 3.63) is 29.6 Å². The van der Waals surface area contributed by atoms with Gasteiger partial charge >= 0.3 is 0 Å². The van der Waals surface area contributed by atoms with Crippen LogP contribution in [0.4, 0.5) is 0 Å². The number of methoxy groups -OCH3 is 6. The van der Waals surface area contributed by atoms with Crippen LogP contribution in [0.5, 0.6) is 34.5 Å². The van der Waals surface area contributed by atoms with Gasteiger partial charge in [-0.25, -0.2) is 4.98 Å². The van der Waals surface area contributed by atoms with Crippen molar-refractivity contribution < 1.29 is 28.4 Å². The van der Waals surface area contributed by atoms with E-state index in [-0.39, 0.29) is 0 Å². The van der Waals surface area contributed by atoms with Gasteiger partial charge in [-0.05, 0) is 12.1 Å². The Balaban J connectivity index is 2.11. The summed E-state index contributed by atoms with van der Waals surface area (Å²) in [5.74, 6) is 3.66. The summed E-state index contributed by atoms with van der Waals surface area (Å²) in [5, 5.41) is 2.73. The summed E-state index contributed by atoms with van der Waals surface area (Å²) in [4.78, 5) is 4.80. The fourth-order valence-electron chi connectivity index (χ4n) is 2.95. The van der Waals surface area contributed by atoms with E-state index in [1.807, 2.05) is 17.5 Å². The number of aromatic nitrogens is 1. The molecule has 0 aliphatic carbocycles. The molecule has 1 heterocycles. The van der Waals surface area contributed by atoms with Crippen molar-refractivity contribution >= 4 is 11.3 Å². The molecule has 0 saturated carbocycles. The summed E-state index contributed by atoms with van der Waals surface area (Å²) in [6, 6.07) is 7.27. The smallest absolute Gasteiger partial charge is 0.164 e. The first-order chi connectivity index (χ1) is 14.1. The van der Waals surface area contributed by atoms with E-state index in [1.165, 1.54) is 11.3 Å². The minimum atomic E-state index is 0.588. The van der Waals surface area contributed by atoms with Crippen LogP contribution >= 0.6 is 11.3 Å². The molecule has 0 radical (unpaired) electrons. The summed E-state index contributed by atoms with van der Waals surface area (Å²) >= 11 is 1.49. The second-order valence-corrected chi connectivity index (χ2v) is 6.71. The molecule has 0 N–H and O–H groups in total. The van der Waals surface area contributed by atoms with Gasteiger partial charge in [-0.1, -0.05) is 0 Å². The molecule has 2 aromatic carbocycles. The highest BCUT2D eigenvalue weighted by atomic mass is 32.1. The zero-order valence-electron chi connectivity index (χ0n) is 17.2. The van der Waals surface area contributed by atoms with Gasteiger partial charge < -0.3 is 28.4 Å². The quantitative estimate of drug-likeness (QED) is 0.533. The van der Waals surface area contributed by atoms with E-state index >= 15 is 0 Å². The molecule has 29 heavy (non-hydrogen) atoms. The largest absolute Gasteiger partial charge is 0.496 e. The Bertz CT molecular complexity index is 923. The standard InChI is InChI=1S/C21H23NO6S/c1-23-15-9-19(27-5)17(25-3)7-12(15)14-11-29-21(22-14)13-8-18(26-4)20(28-6)10-16(13)24-2/h7-11H,1-6H3. The molecule has 8 heteroatoms. The van der Waals surface area contributed by atoms with Crippen LogP contribution in [0.25, 0.3) is 21.8 Å². The maximum absolute atomic E-state index is 5.54. The first-order valence-electron chi connectivity index (χ1n) is 8.66. The maximum Gasteiger partial charge on any atom is 0.164 e. The Hall–Kier alpha value is -3.13. The number of ether oxygens (including phenoxy) is 6. The molecule has 0 aliphatic rings. The third kappa shape index (κ3) is 3.88. The van der Waals surface area contributed by atoms with Crippen molar-refractivity contribution in [3.63, 3.8) is 0 Å². The lowest BCUT2D eigenvalue weighted by Gasteiger charge is -2.13.